The number of anilines is 1. The van der Waals surface area contributed by atoms with Gasteiger partial charge >= 0.3 is 0 Å². The van der Waals surface area contributed by atoms with Gasteiger partial charge in [-0.1, -0.05) is 12.1 Å². The van der Waals surface area contributed by atoms with Gasteiger partial charge in [0.05, 0.1) is 11.0 Å². The maximum absolute atomic E-state index is 11.0. The highest BCUT2D eigenvalue weighted by Gasteiger charge is 1.98. The van der Waals surface area contributed by atoms with E-state index in [1.165, 1.54) is 0 Å². The predicted octanol–water partition coefficient (Wildman–Crippen LogP) is 0.305. The van der Waals surface area contributed by atoms with Crippen LogP contribution in [0, 0.1) is 6.07 Å². The number of fused-ring (bicyclic) bond motifs is 1. The Morgan fingerprint density at radius 2 is 2.42 bits per heavy atom. The van der Waals surface area contributed by atoms with E-state index in [1.807, 2.05) is 0 Å². The molecule has 0 aliphatic carbocycles. The third-order valence-electron chi connectivity index (χ3n) is 1.55. The van der Waals surface area contributed by atoms with Crippen LogP contribution in [-0.2, 0) is 0 Å². The third kappa shape index (κ3) is 0.934. The monoisotopic (exact) mass is 160 g/mol. The zero-order valence-corrected chi connectivity index (χ0v) is 6.16. The second-order valence-corrected chi connectivity index (χ2v) is 2.38. The van der Waals surface area contributed by atoms with Crippen molar-refractivity contribution >= 4 is 16.9 Å². The fraction of sp³-hybridized carbons (Fsp3) is 0. The molecule has 0 amide bonds. The first-order valence-corrected chi connectivity index (χ1v) is 3.43. The number of nitrogens with zero attached hydrogens (tertiary/aromatic N) is 1. The first-order valence-electron chi connectivity index (χ1n) is 3.43. The van der Waals surface area contributed by atoms with Crippen LogP contribution in [0.15, 0.2) is 23.0 Å². The summed E-state index contributed by atoms with van der Waals surface area (Å²) in [6, 6.07) is 8.10. The molecule has 0 spiro atoms. The van der Waals surface area contributed by atoms with Crippen molar-refractivity contribution in [1.29, 1.82) is 0 Å². The van der Waals surface area contributed by atoms with E-state index in [4.69, 9.17) is 5.73 Å². The molecule has 4 heteroatoms. The molecule has 4 nitrogen and oxygen atoms in total. The number of nitrogens with one attached hydrogen (secondary N) is 1. The molecule has 2 rings (SSSR count). The number of aromatic amines is 1. The van der Waals surface area contributed by atoms with E-state index in [0.29, 0.717) is 11.0 Å². The first-order chi connectivity index (χ1) is 5.77. The molecular formula is C8H6N3O. The van der Waals surface area contributed by atoms with Crippen molar-refractivity contribution in [3.05, 3.63) is 34.6 Å². The second kappa shape index (κ2) is 2.34. The number of benzene rings is 1. The van der Waals surface area contributed by atoms with Gasteiger partial charge in [0, 0.05) is 6.07 Å². The molecule has 1 aromatic carbocycles. The summed E-state index contributed by atoms with van der Waals surface area (Å²) >= 11 is 0. The second-order valence-electron chi connectivity index (χ2n) is 2.38. The van der Waals surface area contributed by atoms with E-state index < -0.39 is 0 Å². The SMILES string of the molecule is Nc1nc2[c]cccc2[nH]c1=O. The van der Waals surface area contributed by atoms with E-state index in [0.717, 1.165) is 0 Å². The van der Waals surface area contributed by atoms with Crippen LogP contribution in [0.5, 0.6) is 0 Å². The van der Waals surface area contributed by atoms with Crippen LogP contribution in [0.4, 0.5) is 5.82 Å². The average molecular weight is 160 g/mol. The maximum Gasteiger partial charge on any atom is 0.290 e. The summed E-state index contributed by atoms with van der Waals surface area (Å²) in [5.41, 5.74) is 6.18. The number of hydrogen-bond donors (Lipinski definition) is 2. The normalized spacial score (nSPS) is 10.3. The zero-order valence-electron chi connectivity index (χ0n) is 6.16. The Morgan fingerprint density at radius 3 is 3.25 bits per heavy atom. The van der Waals surface area contributed by atoms with E-state index >= 15 is 0 Å². The molecule has 1 heterocycles. The van der Waals surface area contributed by atoms with Gasteiger partial charge in [-0.2, -0.15) is 0 Å². The molecule has 1 aromatic heterocycles. The number of nitrogen functional groups attached to an aromatic ring is 1. The largest absolute Gasteiger partial charge is 0.379 e. The molecule has 12 heavy (non-hydrogen) atoms. The van der Waals surface area contributed by atoms with Crippen molar-refractivity contribution in [3.8, 4) is 0 Å². The highest BCUT2D eigenvalue weighted by atomic mass is 16.1. The molecule has 0 saturated carbocycles. The number of rotatable bonds is 0. The number of aromatic nitrogens is 2. The lowest BCUT2D eigenvalue weighted by atomic mass is 10.3. The van der Waals surface area contributed by atoms with Crippen LogP contribution in [0.25, 0.3) is 11.0 Å². The maximum atomic E-state index is 11.0. The topological polar surface area (TPSA) is 71.8 Å². The van der Waals surface area contributed by atoms with E-state index in [9.17, 15) is 4.79 Å². The van der Waals surface area contributed by atoms with Crippen molar-refractivity contribution in [2.75, 3.05) is 5.73 Å². The minimum atomic E-state index is -0.359. The van der Waals surface area contributed by atoms with Crippen molar-refractivity contribution in [1.82, 2.24) is 9.97 Å². The summed E-state index contributed by atoms with van der Waals surface area (Å²) in [4.78, 5) is 17.4. The lowest BCUT2D eigenvalue weighted by molar-refractivity contribution is 1.23. The van der Waals surface area contributed by atoms with Crippen molar-refractivity contribution in [2.45, 2.75) is 0 Å². The molecule has 1 radical (unpaired) electrons. The molecule has 0 saturated heterocycles. The smallest absolute Gasteiger partial charge is 0.290 e. The first kappa shape index (κ1) is 6.84. The lowest BCUT2D eigenvalue weighted by Crippen LogP contribution is -2.13. The highest BCUT2D eigenvalue weighted by Crippen LogP contribution is 2.04. The summed E-state index contributed by atoms with van der Waals surface area (Å²) in [5.74, 6) is -0.0232. The Morgan fingerprint density at radius 1 is 1.58 bits per heavy atom. The number of para-hydroxylation sites is 1. The summed E-state index contributed by atoms with van der Waals surface area (Å²) in [6.07, 6.45) is 0. The minimum Gasteiger partial charge on any atom is -0.379 e. The zero-order chi connectivity index (χ0) is 8.55. The molecule has 59 valence electrons. The Labute approximate surface area is 68.1 Å². The summed E-state index contributed by atoms with van der Waals surface area (Å²) < 4.78 is 0. The Kier molecular flexibility index (Phi) is 1.33. The van der Waals surface area contributed by atoms with Gasteiger partial charge in [-0.3, -0.25) is 4.79 Å². The van der Waals surface area contributed by atoms with Crippen LogP contribution in [-0.4, -0.2) is 9.97 Å². The fourth-order valence-corrected chi connectivity index (χ4v) is 0.979. The van der Waals surface area contributed by atoms with Crippen LogP contribution < -0.4 is 11.3 Å². The highest BCUT2D eigenvalue weighted by molar-refractivity contribution is 5.74. The Balaban J connectivity index is 2.93. The number of hydrogen-bond acceptors (Lipinski definition) is 3. The summed E-state index contributed by atoms with van der Waals surface area (Å²) in [7, 11) is 0. The molecule has 0 unspecified atom stereocenters. The van der Waals surface area contributed by atoms with Crippen molar-refractivity contribution < 1.29 is 0 Å². The minimum absolute atomic E-state index is 0.0232. The Bertz CT molecular complexity index is 475. The van der Waals surface area contributed by atoms with Gasteiger partial charge in [-0.05, 0) is 6.07 Å². The van der Waals surface area contributed by atoms with Crippen LogP contribution in [0.2, 0.25) is 0 Å². The van der Waals surface area contributed by atoms with E-state index in [-0.39, 0.29) is 11.4 Å². The number of H-pyrrole nitrogens is 1. The van der Waals surface area contributed by atoms with E-state index in [2.05, 4.69) is 16.0 Å². The van der Waals surface area contributed by atoms with Gasteiger partial charge in [-0.15, -0.1) is 0 Å². The molecule has 0 fully saturated rings. The predicted molar refractivity (Wildman–Crippen MR) is 45.6 cm³/mol. The Hall–Kier alpha value is -1.84. The van der Waals surface area contributed by atoms with Crippen molar-refractivity contribution in [2.24, 2.45) is 0 Å². The van der Waals surface area contributed by atoms with Gasteiger partial charge in [0.25, 0.3) is 5.56 Å². The molecule has 0 atom stereocenters. The molecule has 0 aliphatic heterocycles. The van der Waals surface area contributed by atoms with Crippen LogP contribution in [0.3, 0.4) is 0 Å². The fourth-order valence-electron chi connectivity index (χ4n) is 0.979. The third-order valence-corrected chi connectivity index (χ3v) is 1.55. The van der Waals surface area contributed by atoms with Crippen LogP contribution >= 0.6 is 0 Å². The molecule has 2 aromatic rings. The summed E-state index contributed by atoms with van der Waals surface area (Å²) in [6.45, 7) is 0. The molecule has 0 aliphatic rings. The average Bonchev–Trinajstić information content (AvgIpc) is 2.07. The van der Waals surface area contributed by atoms with Gasteiger partial charge in [0.1, 0.15) is 0 Å². The van der Waals surface area contributed by atoms with Crippen LogP contribution in [0.1, 0.15) is 0 Å². The molecule has 3 N–H and O–H groups in total. The van der Waals surface area contributed by atoms with E-state index in [1.54, 1.807) is 18.2 Å². The summed E-state index contributed by atoms with van der Waals surface area (Å²) in [5, 5.41) is 0. The van der Waals surface area contributed by atoms with Gasteiger partial charge in [0.15, 0.2) is 5.82 Å². The van der Waals surface area contributed by atoms with Gasteiger partial charge in [-0.25, -0.2) is 4.98 Å². The number of nitrogens with two attached hydrogens (primary N) is 1. The molecular weight excluding hydrogens is 154 g/mol. The van der Waals surface area contributed by atoms with Crippen molar-refractivity contribution in [3.63, 3.8) is 0 Å². The quantitative estimate of drug-likeness (QED) is 0.582. The standard InChI is InChI=1S/C8H6N3O/c9-7-8(12)11-6-4-2-1-3-5(6)10-7/h1-2,4H,(H2,9,10)(H,11,12). The van der Waals surface area contributed by atoms with Gasteiger partial charge in [0.2, 0.25) is 0 Å². The lowest BCUT2D eigenvalue weighted by Gasteiger charge is -1.95. The molecule has 0 bridgehead atoms. The van der Waals surface area contributed by atoms with Gasteiger partial charge < -0.3 is 10.7 Å².